The number of esters is 2. The average Bonchev–Trinajstić information content (AvgIpc) is 2.38. The van der Waals surface area contributed by atoms with Crippen molar-refractivity contribution in [2.24, 2.45) is 0 Å². The van der Waals surface area contributed by atoms with Crippen LogP contribution in [-0.2, 0) is 25.5 Å². The van der Waals surface area contributed by atoms with Gasteiger partial charge in [-0.05, 0) is 26.8 Å². The van der Waals surface area contributed by atoms with Gasteiger partial charge < -0.3 is 14.2 Å². The molecule has 0 spiro atoms. The summed E-state index contributed by atoms with van der Waals surface area (Å²) in [5.74, 6) is -0.388. The second-order valence-electron chi connectivity index (χ2n) is 4.42. The summed E-state index contributed by atoms with van der Waals surface area (Å²) in [5, 5.41) is 0. The Hall–Kier alpha value is -2.04. The van der Waals surface area contributed by atoms with E-state index >= 15 is 0 Å². The highest BCUT2D eigenvalue weighted by Gasteiger charge is 2.12. The second kappa shape index (κ2) is 8.19. The van der Waals surface area contributed by atoms with E-state index in [2.05, 4.69) is 4.74 Å². The first-order valence-corrected chi connectivity index (χ1v) is 6.58. The van der Waals surface area contributed by atoms with E-state index < -0.39 is 11.9 Å². The zero-order valence-corrected chi connectivity index (χ0v) is 12.0. The zero-order valence-electron chi connectivity index (χ0n) is 12.0. The van der Waals surface area contributed by atoms with Crippen LogP contribution in [-0.4, -0.2) is 31.3 Å². The molecule has 1 aromatic carbocycles. The lowest BCUT2D eigenvalue weighted by Gasteiger charge is -2.13. The molecule has 20 heavy (non-hydrogen) atoms. The number of hydrogen-bond acceptors (Lipinski definition) is 5. The van der Waals surface area contributed by atoms with Crippen LogP contribution in [0.2, 0.25) is 0 Å². The third-order valence-electron chi connectivity index (χ3n) is 2.33. The Kier molecular flexibility index (Phi) is 6.56. The molecule has 5 nitrogen and oxygen atoms in total. The molecule has 0 aliphatic rings. The van der Waals surface area contributed by atoms with E-state index in [0.29, 0.717) is 5.75 Å². The number of para-hydroxylation sites is 1. The summed E-state index contributed by atoms with van der Waals surface area (Å²) in [6, 6.07) is 7.25. The molecule has 0 aromatic heterocycles. The van der Waals surface area contributed by atoms with E-state index in [9.17, 15) is 9.59 Å². The summed E-state index contributed by atoms with van der Waals surface area (Å²) in [6.07, 6.45) is 0.0779. The summed E-state index contributed by atoms with van der Waals surface area (Å²) in [7, 11) is 0. The van der Waals surface area contributed by atoms with E-state index in [1.54, 1.807) is 19.1 Å². The first-order chi connectivity index (χ1) is 9.52. The van der Waals surface area contributed by atoms with E-state index in [-0.39, 0.29) is 25.7 Å². The molecule has 110 valence electrons. The number of carbonyl (C=O) groups excluding carboxylic acids is 2. The van der Waals surface area contributed by atoms with Gasteiger partial charge in [-0.1, -0.05) is 18.2 Å². The van der Waals surface area contributed by atoms with Crippen molar-refractivity contribution >= 4 is 11.9 Å². The predicted octanol–water partition coefficient (Wildman–Crippen LogP) is 2.12. The normalized spacial score (nSPS) is 10.2. The molecule has 1 aromatic rings. The summed E-state index contributed by atoms with van der Waals surface area (Å²) in [6.45, 7) is 5.42. The molecule has 5 heteroatoms. The number of benzene rings is 1. The van der Waals surface area contributed by atoms with Gasteiger partial charge in [-0.25, -0.2) is 4.79 Å². The Morgan fingerprint density at radius 2 is 1.80 bits per heavy atom. The van der Waals surface area contributed by atoms with Crippen molar-refractivity contribution in [2.75, 3.05) is 13.2 Å². The van der Waals surface area contributed by atoms with Crippen LogP contribution in [0.15, 0.2) is 24.3 Å². The van der Waals surface area contributed by atoms with Crippen LogP contribution in [0.1, 0.15) is 26.3 Å². The van der Waals surface area contributed by atoms with Gasteiger partial charge in [0.05, 0.1) is 19.1 Å². The van der Waals surface area contributed by atoms with Crippen LogP contribution in [0.25, 0.3) is 0 Å². The lowest BCUT2D eigenvalue weighted by Crippen LogP contribution is -2.18. The van der Waals surface area contributed by atoms with Crippen molar-refractivity contribution in [2.45, 2.75) is 33.3 Å². The summed E-state index contributed by atoms with van der Waals surface area (Å²) < 4.78 is 15.1. The quantitative estimate of drug-likeness (QED) is 0.716. The molecule has 0 amide bonds. The molecule has 0 radical (unpaired) electrons. The molecule has 0 N–H and O–H groups in total. The van der Waals surface area contributed by atoms with E-state index in [1.807, 2.05) is 26.0 Å². The van der Waals surface area contributed by atoms with Crippen molar-refractivity contribution in [3.63, 3.8) is 0 Å². The molecular weight excluding hydrogens is 260 g/mol. The molecule has 0 saturated heterocycles. The van der Waals surface area contributed by atoms with Gasteiger partial charge in [-0.2, -0.15) is 0 Å². The molecule has 1 rings (SSSR count). The van der Waals surface area contributed by atoms with Gasteiger partial charge in [0.1, 0.15) is 5.75 Å². The van der Waals surface area contributed by atoms with Crippen molar-refractivity contribution in [1.29, 1.82) is 0 Å². The highest BCUT2D eigenvalue weighted by atomic mass is 16.6. The molecule has 0 bridgehead atoms. The molecule has 0 atom stereocenters. The lowest BCUT2D eigenvalue weighted by atomic mass is 10.1. The maximum atomic E-state index is 11.7. The van der Waals surface area contributed by atoms with E-state index in [0.717, 1.165) is 5.56 Å². The Balaban J connectivity index is 2.55. The molecule has 0 saturated carbocycles. The fourth-order valence-electron chi connectivity index (χ4n) is 1.57. The van der Waals surface area contributed by atoms with E-state index in [1.165, 1.54) is 0 Å². The minimum atomic E-state index is -0.549. The van der Waals surface area contributed by atoms with Gasteiger partial charge in [0.25, 0.3) is 0 Å². The first kappa shape index (κ1) is 16.0. The van der Waals surface area contributed by atoms with Gasteiger partial charge >= 0.3 is 11.9 Å². The van der Waals surface area contributed by atoms with Crippen molar-refractivity contribution < 1.29 is 23.8 Å². The van der Waals surface area contributed by atoms with Gasteiger partial charge in [-0.15, -0.1) is 0 Å². The Labute approximate surface area is 118 Å². The predicted molar refractivity (Wildman–Crippen MR) is 73.5 cm³/mol. The second-order valence-corrected chi connectivity index (χ2v) is 4.42. The maximum absolute atomic E-state index is 11.7. The van der Waals surface area contributed by atoms with Crippen molar-refractivity contribution in [3.05, 3.63) is 29.8 Å². The first-order valence-electron chi connectivity index (χ1n) is 6.58. The molecule has 0 unspecified atom stereocenters. The van der Waals surface area contributed by atoms with Gasteiger partial charge in [-0.3, -0.25) is 4.79 Å². The number of rotatable bonds is 7. The van der Waals surface area contributed by atoms with Crippen LogP contribution < -0.4 is 4.74 Å². The fraction of sp³-hybridized carbons (Fsp3) is 0.467. The highest BCUT2D eigenvalue weighted by molar-refractivity contribution is 5.78. The standard InChI is InChI=1S/C15H20O5/c1-4-18-15(17)10-19-14(16)9-12-7-5-6-8-13(12)20-11(2)3/h5-8,11H,4,9-10H2,1-3H3. The summed E-state index contributed by atoms with van der Waals surface area (Å²) in [5.41, 5.74) is 0.732. The molecule has 0 aliphatic carbocycles. The van der Waals surface area contributed by atoms with Gasteiger partial charge in [0, 0.05) is 5.56 Å². The maximum Gasteiger partial charge on any atom is 0.344 e. The van der Waals surface area contributed by atoms with Gasteiger partial charge in [0.2, 0.25) is 0 Å². The van der Waals surface area contributed by atoms with Crippen LogP contribution in [0, 0.1) is 0 Å². The molecule has 0 fully saturated rings. The number of carbonyl (C=O) groups is 2. The number of ether oxygens (including phenoxy) is 3. The van der Waals surface area contributed by atoms with Crippen molar-refractivity contribution in [1.82, 2.24) is 0 Å². The Bertz CT molecular complexity index is 453. The van der Waals surface area contributed by atoms with Crippen LogP contribution in [0.5, 0.6) is 5.75 Å². The Morgan fingerprint density at radius 1 is 1.10 bits per heavy atom. The fourth-order valence-corrected chi connectivity index (χ4v) is 1.57. The largest absolute Gasteiger partial charge is 0.491 e. The third kappa shape index (κ3) is 5.73. The SMILES string of the molecule is CCOC(=O)COC(=O)Cc1ccccc1OC(C)C. The van der Waals surface area contributed by atoms with Crippen molar-refractivity contribution in [3.8, 4) is 5.75 Å². The molecule has 0 heterocycles. The highest BCUT2D eigenvalue weighted by Crippen LogP contribution is 2.20. The lowest BCUT2D eigenvalue weighted by molar-refractivity contribution is -0.158. The topological polar surface area (TPSA) is 61.8 Å². The molecule has 0 aliphatic heterocycles. The van der Waals surface area contributed by atoms with Crippen LogP contribution >= 0.6 is 0 Å². The van der Waals surface area contributed by atoms with Gasteiger partial charge in [0.15, 0.2) is 6.61 Å². The summed E-state index contributed by atoms with van der Waals surface area (Å²) in [4.78, 5) is 22.8. The average molecular weight is 280 g/mol. The Morgan fingerprint density at radius 3 is 2.45 bits per heavy atom. The summed E-state index contributed by atoms with van der Waals surface area (Å²) >= 11 is 0. The zero-order chi connectivity index (χ0) is 15.0. The number of hydrogen-bond donors (Lipinski definition) is 0. The molecular formula is C15H20O5. The van der Waals surface area contributed by atoms with Crippen LogP contribution in [0.3, 0.4) is 0 Å². The minimum Gasteiger partial charge on any atom is -0.491 e. The minimum absolute atomic E-state index is 0.0201. The monoisotopic (exact) mass is 280 g/mol. The van der Waals surface area contributed by atoms with Crippen LogP contribution in [0.4, 0.5) is 0 Å². The van der Waals surface area contributed by atoms with E-state index in [4.69, 9.17) is 9.47 Å². The third-order valence-corrected chi connectivity index (χ3v) is 2.33. The smallest absolute Gasteiger partial charge is 0.344 e.